The van der Waals surface area contributed by atoms with E-state index in [1.54, 1.807) is 56.3 Å². The largest absolute Gasteiger partial charge is 0.480 e. The van der Waals surface area contributed by atoms with Crippen molar-refractivity contribution >= 4 is 105 Å². The fourth-order valence-corrected chi connectivity index (χ4v) is 11.8. The first-order chi connectivity index (χ1) is 46.8. The highest BCUT2D eigenvalue weighted by molar-refractivity contribution is 6.30. The molecule has 0 radical (unpaired) electrons. The van der Waals surface area contributed by atoms with Gasteiger partial charge in [-0.3, -0.25) is 67.5 Å². The number of benzene rings is 3. The van der Waals surface area contributed by atoms with E-state index in [0.29, 0.717) is 21.7 Å². The first-order valence-electron chi connectivity index (χ1n) is 32.7. The number of amides is 12. The SMILES string of the molecule is CC(=O)N[C@H]1CCC(=O)NCCCC[C@@H]2NC(=O)[C@H](CC(C)C)NC(=O)[C@@H](Cc3ccc4ccccc4c3)NC(=O)[C@H](CCCN=C(N)N)NC(=O)[C@H](CC(=O)NC[C@@H](C(=O)O)NC(=O)[C@@H]3CCCN3C2=O)NC(=O)[C@@H](Cc2cccnc2)NC(=O)[C@@H](Cc2ccc(Cl)cc2)NC1=O. The van der Waals surface area contributed by atoms with Gasteiger partial charge in [-0.25, -0.2) is 4.79 Å². The third kappa shape index (κ3) is 23.2. The number of nitrogens with one attached hydrogen (secondary N) is 11. The number of carbonyl (C=O) groups is 13. The van der Waals surface area contributed by atoms with Crippen LogP contribution in [0.15, 0.2) is 96.2 Å². The molecule has 526 valence electrons. The fraction of sp³-hybridized carbons (Fsp3) is 0.478. The van der Waals surface area contributed by atoms with Crippen LogP contribution in [0.3, 0.4) is 0 Å². The van der Waals surface area contributed by atoms with Gasteiger partial charge < -0.3 is 80.0 Å². The molecule has 98 heavy (non-hydrogen) atoms. The van der Waals surface area contributed by atoms with E-state index in [-0.39, 0.29) is 115 Å². The van der Waals surface area contributed by atoms with Crippen molar-refractivity contribution in [2.75, 3.05) is 26.2 Å². The molecule has 31 heteroatoms. The molecule has 3 fully saturated rings. The molecule has 4 aromatic rings. The fourth-order valence-electron chi connectivity index (χ4n) is 11.7. The van der Waals surface area contributed by atoms with Gasteiger partial charge in [-0.2, -0.15) is 0 Å². The van der Waals surface area contributed by atoms with Crippen molar-refractivity contribution in [1.29, 1.82) is 0 Å². The van der Waals surface area contributed by atoms with Gasteiger partial charge >= 0.3 is 5.97 Å². The van der Waals surface area contributed by atoms with E-state index >= 15 is 19.2 Å². The van der Waals surface area contributed by atoms with Gasteiger partial charge in [0.15, 0.2) is 5.96 Å². The topological polar surface area (TPSA) is 455 Å². The molecule has 3 saturated heterocycles. The number of guanidine groups is 1. The molecule has 7 rings (SSSR count). The zero-order valence-corrected chi connectivity index (χ0v) is 55.6. The number of aliphatic imine (C=N–C) groups is 1. The van der Waals surface area contributed by atoms with Crippen LogP contribution in [0.1, 0.15) is 108 Å². The van der Waals surface area contributed by atoms with Gasteiger partial charge in [0.05, 0.1) is 6.42 Å². The second-order valence-electron chi connectivity index (χ2n) is 25.0. The maximum atomic E-state index is 15.2. The number of carbonyl (C=O) groups excluding carboxylic acids is 12. The number of nitrogens with two attached hydrogens (primary N) is 2. The summed E-state index contributed by atoms with van der Waals surface area (Å²) in [4.78, 5) is 197. The average Bonchev–Trinajstić information content (AvgIpc) is 1.52. The van der Waals surface area contributed by atoms with Gasteiger partial charge in [0.2, 0.25) is 70.9 Å². The van der Waals surface area contributed by atoms with Crippen molar-refractivity contribution in [3.8, 4) is 0 Å². The third-order valence-corrected chi connectivity index (χ3v) is 17.0. The standard InChI is InChI=1S/C67H87ClN16O14/c1-37(2)29-48-59(90)77-47-14-6-7-26-72-55(86)24-23-46(75-38(3)85)58(89)79-49(31-39-18-21-44(68)22-19-39)60(91)81-51(33-41-11-8-25-71-35-41)62(93)82-52(34-56(87)74-36-53(66(97)98)83-64(95)54-16-10-28-84(54)65(47)96)63(94)76-45(15-9-27-73-67(69)70)57(88)80-50(61(92)78-48)32-40-17-20-42-12-4-5-13-43(42)30-40/h4-5,8,11-13,17-22,25,30,35,37,45-54H,6-7,9-10,14-16,23-24,26-29,31-34,36H2,1-3H3,(H,72,86)(H,74,87)(H,75,85)(H,76,94)(H,77,90)(H,78,92)(H,79,89)(H,80,88)(H,81,91)(H,82,93)(H,83,95)(H,97,98)(H4,69,70,73)/t45-,46-,47-,48-,49+,50+,51+,52-,53-,54-/m0/s1. The predicted molar refractivity (Wildman–Crippen MR) is 359 cm³/mol. The van der Waals surface area contributed by atoms with Gasteiger partial charge in [0.1, 0.15) is 60.4 Å². The predicted octanol–water partition coefficient (Wildman–Crippen LogP) is -0.925. The van der Waals surface area contributed by atoms with Crippen LogP contribution in [0.4, 0.5) is 0 Å². The molecule has 1 aromatic heterocycles. The summed E-state index contributed by atoms with van der Waals surface area (Å²) in [6, 6.07) is 6.51. The molecule has 0 aliphatic carbocycles. The lowest BCUT2D eigenvalue weighted by atomic mass is 9.98. The molecule has 4 heterocycles. The minimum atomic E-state index is -2.00. The normalized spacial score (nSPS) is 24.5. The van der Waals surface area contributed by atoms with Gasteiger partial charge in [-0.05, 0) is 109 Å². The summed E-state index contributed by atoms with van der Waals surface area (Å²) >= 11 is 6.22. The summed E-state index contributed by atoms with van der Waals surface area (Å²) in [7, 11) is 0. The molecule has 3 aromatic carbocycles. The Balaban J connectivity index is 1.38. The maximum Gasteiger partial charge on any atom is 0.328 e. The van der Waals surface area contributed by atoms with Crippen LogP contribution in [0.5, 0.6) is 0 Å². The Kier molecular flexibility index (Phi) is 28.2. The van der Waals surface area contributed by atoms with Crippen LogP contribution in [0.2, 0.25) is 5.02 Å². The van der Waals surface area contributed by atoms with Gasteiger partial charge in [-0.1, -0.05) is 86.1 Å². The molecule has 0 unspecified atom stereocenters. The molecule has 0 spiro atoms. The van der Waals surface area contributed by atoms with Crippen LogP contribution in [-0.4, -0.2) is 184 Å². The second kappa shape index (κ2) is 36.7. The lowest BCUT2D eigenvalue weighted by Gasteiger charge is -2.31. The van der Waals surface area contributed by atoms with E-state index in [9.17, 15) is 48.3 Å². The number of fused-ring (bicyclic) bond motifs is 9. The van der Waals surface area contributed by atoms with Crippen molar-refractivity contribution in [3.05, 3.63) is 113 Å². The van der Waals surface area contributed by atoms with Crippen molar-refractivity contribution in [2.45, 2.75) is 171 Å². The molecule has 12 amide bonds. The first-order valence-corrected chi connectivity index (χ1v) is 33.1. The summed E-state index contributed by atoms with van der Waals surface area (Å²) in [6.07, 6.45) is 0.816. The quantitative estimate of drug-likeness (QED) is 0.0412. The molecule has 16 N–H and O–H groups in total. The Bertz CT molecular complexity index is 3580. The average molecular weight is 1380 g/mol. The number of aromatic nitrogens is 1. The number of pyridine rings is 1. The zero-order chi connectivity index (χ0) is 71.0. The van der Waals surface area contributed by atoms with E-state index in [0.717, 1.165) is 17.7 Å². The van der Waals surface area contributed by atoms with Crippen molar-refractivity contribution in [3.63, 3.8) is 0 Å². The molecule has 3 aliphatic rings. The number of halogens is 1. The van der Waals surface area contributed by atoms with Crippen molar-refractivity contribution in [2.24, 2.45) is 22.4 Å². The number of carboxylic acids is 1. The monoisotopic (exact) mass is 1370 g/mol. The third-order valence-electron chi connectivity index (χ3n) is 16.8. The van der Waals surface area contributed by atoms with E-state index in [1.807, 2.05) is 36.4 Å². The molecule has 10 atom stereocenters. The Hall–Kier alpha value is -10.3. The van der Waals surface area contributed by atoms with E-state index in [1.165, 1.54) is 17.3 Å². The van der Waals surface area contributed by atoms with Crippen LogP contribution < -0.4 is 70.0 Å². The highest BCUT2D eigenvalue weighted by Gasteiger charge is 2.41. The Morgan fingerprint density at radius 2 is 1.24 bits per heavy atom. The van der Waals surface area contributed by atoms with Crippen molar-refractivity contribution in [1.82, 2.24) is 68.4 Å². The maximum absolute atomic E-state index is 15.2. The minimum Gasteiger partial charge on any atom is -0.480 e. The Morgan fingerprint density at radius 3 is 1.91 bits per heavy atom. The van der Waals surface area contributed by atoms with Gasteiger partial charge in [0.25, 0.3) is 0 Å². The lowest BCUT2D eigenvalue weighted by Crippen LogP contribution is -2.61. The molecular formula is C67H87ClN16O14. The molecule has 2 bridgehead atoms. The number of aliphatic carboxylic acids is 1. The van der Waals surface area contributed by atoms with Crippen LogP contribution in [-0.2, 0) is 81.6 Å². The summed E-state index contributed by atoms with van der Waals surface area (Å²) in [5.41, 5.74) is 12.7. The van der Waals surface area contributed by atoms with Crippen LogP contribution >= 0.6 is 11.6 Å². The lowest BCUT2D eigenvalue weighted by molar-refractivity contribution is -0.145. The molecular weight excluding hydrogens is 1290 g/mol. The summed E-state index contributed by atoms with van der Waals surface area (Å²) < 4.78 is 0. The van der Waals surface area contributed by atoms with Crippen molar-refractivity contribution < 1.29 is 67.4 Å². The highest BCUT2D eigenvalue weighted by atomic mass is 35.5. The molecule has 30 nitrogen and oxygen atoms in total. The number of carboxylic acid groups (broad SMARTS) is 1. The van der Waals surface area contributed by atoms with E-state index in [2.05, 4.69) is 68.5 Å². The molecule has 3 aliphatic heterocycles. The van der Waals surface area contributed by atoms with E-state index < -0.39 is 150 Å². The number of hydrogen-bond acceptors (Lipinski definition) is 15. The molecule has 0 saturated carbocycles. The first kappa shape index (κ1) is 75.1. The second-order valence-corrected chi connectivity index (χ2v) is 25.5. The van der Waals surface area contributed by atoms with Gasteiger partial charge in [-0.15, -0.1) is 0 Å². The summed E-state index contributed by atoms with van der Waals surface area (Å²) in [6.45, 7) is 3.85. The Morgan fingerprint density at radius 1 is 0.633 bits per heavy atom. The highest BCUT2D eigenvalue weighted by Crippen LogP contribution is 2.23. The summed E-state index contributed by atoms with van der Waals surface area (Å²) in [5.74, 6) is -13.0. The van der Waals surface area contributed by atoms with Crippen LogP contribution in [0.25, 0.3) is 10.8 Å². The zero-order valence-electron chi connectivity index (χ0n) is 54.9. The number of hydrogen-bond donors (Lipinski definition) is 14. The smallest absolute Gasteiger partial charge is 0.328 e. The Labute approximate surface area is 571 Å². The summed E-state index contributed by atoms with van der Waals surface area (Å²) in [5, 5.41) is 41.5. The van der Waals surface area contributed by atoms with Gasteiger partial charge in [0, 0.05) is 76.2 Å². The number of nitrogens with zero attached hydrogens (tertiary/aromatic N) is 3. The van der Waals surface area contributed by atoms with Crippen LogP contribution in [0, 0.1) is 5.92 Å². The number of rotatable bonds is 14. The van der Waals surface area contributed by atoms with E-state index in [4.69, 9.17) is 23.1 Å². The minimum absolute atomic E-state index is 0.000437.